The number of carboxylic acids is 1. The van der Waals surface area contributed by atoms with Crippen molar-refractivity contribution in [2.75, 3.05) is 13.1 Å². The second kappa shape index (κ2) is 6.05. The fourth-order valence-corrected chi connectivity index (χ4v) is 3.29. The summed E-state index contributed by atoms with van der Waals surface area (Å²) in [5.41, 5.74) is -0.597. The molecule has 0 aromatic heterocycles. The van der Waals surface area contributed by atoms with Crippen LogP contribution in [0, 0.1) is 17.3 Å². The number of piperidine rings is 1. The molecule has 1 aliphatic heterocycles. The van der Waals surface area contributed by atoms with E-state index in [1.165, 1.54) is 6.42 Å². The van der Waals surface area contributed by atoms with Crippen molar-refractivity contribution in [1.82, 2.24) is 4.90 Å². The molecule has 0 radical (unpaired) electrons. The van der Waals surface area contributed by atoms with E-state index in [0.717, 1.165) is 19.4 Å². The minimum atomic E-state index is -0.651. The molecular formula is C15H29NO2. The van der Waals surface area contributed by atoms with Crippen molar-refractivity contribution in [2.24, 2.45) is 17.3 Å². The average Bonchev–Trinajstić information content (AvgIpc) is 2.25. The fourth-order valence-electron chi connectivity index (χ4n) is 3.29. The fraction of sp³-hybridized carbons (Fsp3) is 0.933. The van der Waals surface area contributed by atoms with Gasteiger partial charge < -0.3 is 5.11 Å². The molecule has 3 heteroatoms. The van der Waals surface area contributed by atoms with Crippen LogP contribution in [0.2, 0.25) is 0 Å². The number of hydrogen-bond acceptors (Lipinski definition) is 2. The molecule has 0 spiro atoms. The summed E-state index contributed by atoms with van der Waals surface area (Å²) < 4.78 is 0. The van der Waals surface area contributed by atoms with E-state index in [1.54, 1.807) is 0 Å². The van der Waals surface area contributed by atoms with Gasteiger partial charge in [-0.1, -0.05) is 27.2 Å². The molecule has 1 rings (SSSR count). The first-order valence-electron chi connectivity index (χ1n) is 7.27. The van der Waals surface area contributed by atoms with Crippen LogP contribution in [0.25, 0.3) is 0 Å². The van der Waals surface area contributed by atoms with Crippen molar-refractivity contribution in [3.63, 3.8) is 0 Å². The molecule has 4 unspecified atom stereocenters. The normalized spacial score (nSPS) is 33.1. The summed E-state index contributed by atoms with van der Waals surface area (Å²) in [4.78, 5) is 13.9. The highest BCUT2D eigenvalue weighted by Crippen LogP contribution is 2.32. The minimum Gasteiger partial charge on any atom is -0.481 e. The lowest BCUT2D eigenvalue weighted by Crippen LogP contribution is -2.51. The third-order valence-corrected chi connectivity index (χ3v) is 4.59. The van der Waals surface area contributed by atoms with Crippen molar-refractivity contribution in [2.45, 2.75) is 59.9 Å². The zero-order valence-corrected chi connectivity index (χ0v) is 12.6. The molecule has 1 fully saturated rings. The number of nitrogens with zero attached hydrogens (tertiary/aromatic N) is 1. The molecule has 106 valence electrons. The predicted octanol–water partition coefficient (Wildman–Crippen LogP) is 3.24. The van der Waals surface area contributed by atoms with Crippen LogP contribution in [0.15, 0.2) is 0 Å². The van der Waals surface area contributed by atoms with Gasteiger partial charge >= 0.3 is 5.97 Å². The Bertz CT molecular complexity index is 292. The summed E-state index contributed by atoms with van der Waals surface area (Å²) in [5, 5.41) is 9.49. The Morgan fingerprint density at radius 2 is 2.00 bits per heavy atom. The predicted molar refractivity (Wildman–Crippen MR) is 74.6 cm³/mol. The summed E-state index contributed by atoms with van der Waals surface area (Å²) in [6, 6.07) is 0.497. The summed E-state index contributed by atoms with van der Waals surface area (Å²) in [5.74, 6) is 0.687. The van der Waals surface area contributed by atoms with Crippen LogP contribution >= 0.6 is 0 Å². The van der Waals surface area contributed by atoms with E-state index in [1.807, 2.05) is 6.92 Å². The number of carboxylic acid groups (broad SMARTS) is 1. The molecule has 0 saturated carbocycles. The quantitative estimate of drug-likeness (QED) is 0.820. The Kier molecular flexibility index (Phi) is 5.20. The van der Waals surface area contributed by atoms with Crippen molar-refractivity contribution < 1.29 is 9.90 Å². The molecule has 1 aliphatic rings. The van der Waals surface area contributed by atoms with Crippen LogP contribution in [0.4, 0.5) is 0 Å². The van der Waals surface area contributed by atoms with Crippen LogP contribution in [0.5, 0.6) is 0 Å². The average molecular weight is 255 g/mol. The maximum absolute atomic E-state index is 11.5. The van der Waals surface area contributed by atoms with Crippen LogP contribution < -0.4 is 0 Å². The number of likely N-dealkylation sites (tertiary alicyclic amines) is 1. The van der Waals surface area contributed by atoms with Gasteiger partial charge in [0, 0.05) is 19.1 Å². The molecule has 0 bridgehead atoms. The Hall–Kier alpha value is -0.570. The Morgan fingerprint density at radius 3 is 2.50 bits per heavy atom. The molecular weight excluding hydrogens is 226 g/mol. The standard InChI is InChI=1S/C15H29NO2/c1-6-7-15(5,14(17)18)10-16-9-11(2)8-12(3)13(16)4/h11-13H,6-10H2,1-5H3,(H,17,18). The second-order valence-corrected chi connectivity index (χ2v) is 6.60. The SMILES string of the molecule is CCCC(C)(CN1CC(C)CC(C)C1C)C(=O)O. The highest BCUT2D eigenvalue weighted by molar-refractivity contribution is 5.74. The van der Waals surface area contributed by atoms with Crippen molar-refractivity contribution in [1.29, 1.82) is 0 Å². The van der Waals surface area contributed by atoms with Crippen LogP contribution in [0.3, 0.4) is 0 Å². The second-order valence-electron chi connectivity index (χ2n) is 6.60. The van der Waals surface area contributed by atoms with E-state index in [9.17, 15) is 9.90 Å². The van der Waals surface area contributed by atoms with Gasteiger partial charge in [0.25, 0.3) is 0 Å². The highest BCUT2D eigenvalue weighted by atomic mass is 16.4. The topological polar surface area (TPSA) is 40.5 Å². The summed E-state index contributed by atoms with van der Waals surface area (Å²) >= 11 is 0. The maximum atomic E-state index is 11.5. The van der Waals surface area contributed by atoms with Crippen LogP contribution in [0.1, 0.15) is 53.9 Å². The van der Waals surface area contributed by atoms with Gasteiger partial charge in [0.05, 0.1) is 5.41 Å². The zero-order chi connectivity index (χ0) is 13.9. The number of hydrogen-bond donors (Lipinski definition) is 1. The highest BCUT2D eigenvalue weighted by Gasteiger charge is 2.38. The lowest BCUT2D eigenvalue weighted by atomic mass is 9.81. The Morgan fingerprint density at radius 1 is 1.39 bits per heavy atom. The van der Waals surface area contributed by atoms with Gasteiger partial charge in [0.2, 0.25) is 0 Å². The van der Waals surface area contributed by atoms with E-state index in [-0.39, 0.29) is 0 Å². The molecule has 0 aromatic rings. The molecule has 18 heavy (non-hydrogen) atoms. The van der Waals surface area contributed by atoms with Crippen molar-refractivity contribution in [3.05, 3.63) is 0 Å². The number of aliphatic carboxylic acids is 1. The van der Waals surface area contributed by atoms with E-state index in [0.29, 0.717) is 24.4 Å². The van der Waals surface area contributed by atoms with Gasteiger partial charge in [-0.2, -0.15) is 0 Å². The van der Waals surface area contributed by atoms with E-state index in [2.05, 4.69) is 32.6 Å². The number of rotatable bonds is 5. The van der Waals surface area contributed by atoms with Gasteiger partial charge in [0.15, 0.2) is 0 Å². The van der Waals surface area contributed by atoms with Gasteiger partial charge in [-0.25, -0.2) is 0 Å². The first-order chi connectivity index (χ1) is 8.30. The summed E-state index contributed by atoms with van der Waals surface area (Å²) in [6.45, 7) is 12.5. The van der Waals surface area contributed by atoms with Gasteiger partial charge in [-0.15, -0.1) is 0 Å². The Labute approximate surface area is 112 Å². The van der Waals surface area contributed by atoms with Crippen LogP contribution in [-0.2, 0) is 4.79 Å². The lowest BCUT2D eigenvalue weighted by Gasteiger charge is -2.44. The van der Waals surface area contributed by atoms with Gasteiger partial charge in [0.1, 0.15) is 0 Å². The smallest absolute Gasteiger partial charge is 0.310 e. The maximum Gasteiger partial charge on any atom is 0.310 e. The largest absolute Gasteiger partial charge is 0.481 e. The monoisotopic (exact) mass is 255 g/mol. The molecule has 0 amide bonds. The summed E-state index contributed by atoms with van der Waals surface area (Å²) in [6.07, 6.45) is 2.94. The first-order valence-corrected chi connectivity index (χ1v) is 7.27. The summed E-state index contributed by atoms with van der Waals surface area (Å²) in [7, 11) is 0. The van der Waals surface area contributed by atoms with E-state index >= 15 is 0 Å². The molecule has 4 atom stereocenters. The molecule has 1 saturated heterocycles. The molecule has 3 nitrogen and oxygen atoms in total. The number of carbonyl (C=O) groups is 1. The third kappa shape index (κ3) is 3.47. The molecule has 1 heterocycles. The van der Waals surface area contributed by atoms with Gasteiger partial charge in [-0.3, -0.25) is 9.69 Å². The minimum absolute atomic E-state index is 0.497. The Balaban J connectivity index is 2.76. The zero-order valence-electron chi connectivity index (χ0n) is 12.6. The van der Waals surface area contributed by atoms with Crippen molar-refractivity contribution >= 4 is 5.97 Å². The van der Waals surface area contributed by atoms with Crippen molar-refractivity contribution in [3.8, 4) is 0 Å². The molecule has 0 aromatic carbocycles. The van der Waals surface area contributed by atoms with Crippen LogP contribution in [-0.4, -0.2) is 35.1 Å². The molecule has 0 aliphatic carbocycles. The van der Waals surface area contributed by atoms with E-state index < -0.39 is 11.4 Å². The third-order valence-electron chi connectivity index (χ3n) is 4.59. The van der Waals surface area contributed by atoms with E-state index in [4.69, 9.17) is 0 Å². The molecule has 1 N–H and O–H groups in total. The first kappa shape index (κ1) is 15.5. The lowest BCUT2D eigenvalue weighted by molar-refractivity contribution is -0.150. The van der Waals surface area contributed by atoms with Gasteiger partial charge in [-0.05, 0) is 38.5 Å².